The average Bonchev–Trinajstić information content (AvgIpc) is 2.52. The Hall–Kier alpha value is -0.460. The number of ether oxygens (including phenoxy) is 2. The quantitative estimate of drug-likeness (QED) is 0.400. The van der Waals surface area contributed by atoms with Crippen molar-refractivity contribution >= 4 is 0 Å². The van der Waals surface area contributed by atoms with Crippen molar-refractivity contribution in [2.45, 2.75) is 76.3 Å². The van der Waals surface area contributed by atoms with E-state index in [0.717, 1.165) is 25.7 Å². The zero-order chi connectivity index (χ0) is 16.2. The van der Waals surface area contributed by atoms with Gasteiger partial charge in [-0.1, -0.05) is 38.3 Å². The van der Waals surface area contributed by atoms with Crippen LogP contribution < -0.4 is 0 Å². The van der Waals surface area contributed by atoms with E-state index in [0.29, 0.717) is 6.61 Å². The number of aliphatic hydroxyl groups excluding tert-OH is 3. The molecule has 1 aliphatic heterocycles. The Labute approximate surface area is 133 Å². The molecule has 1 aliphatic rings. The van der Waals surface area contributed by atoms with Crippen LogP contribution >= 0.6 is 0 Å². The van der Waals surface area contributed by atoms with Crippen molar-refractivity contribution in [3.8, 4) is 0 Å². The SMILES string of the molecule is CCCC/C=C/CCCCCO[C@H]1[C@H](O)[C@@H](CO)OC[C@@H]1O. The number of allylic oxidation sites excluding steroid dienone is 2. The predicted molar refractivity (Wildman–Crippen MR) is 85.7 cm³/mol. The second kappa shape index (κ2) is 12.0. The molecular weight excluding hydrogens is 284 g/mol. The monoisotopic (exact) mass is 316 g/mol. The molecule has 0 aliphatic carbocycles. The summed E-state index contributed by atoms with van der Waals surface area (Å²) in [4.78, 5) is 0. The lowest BCUT2D eigenvalue weighted by molar-refractivity contribution is -0.210. The molecule has 0 amide bonds. The Balaban J connectivity index is 2.07. The molecule has 5 nitrogen and oxygen atoms in total. The molecule has 1 saturated heterocycles. The molecule has 5 heteroatoms. The van der Waals surface area contributed by atoms with E-state index in [1.165, 1.54) is 19.3 Å². The van der Waals surface area contributed by atoms with E-state index in [1.807, 2.05) is 0 Å². The van der Waals surface area contributed by atoms with E-state index in [1.54, 1.807) is 0 Å². The molecule has 0 saturated carbocycles. The van der Waals surface area contributed by atoms with Gasteiger partial charge in [0, 0.05) is 6.61 Å². The van der Waals surface area contributed by atoms with E-state index in [9.17, 15) is 10.2 Å². The summed E-state index contributed by atoms with van der Waals surface area (Å²) < 4.78 is 10.7. The van der Waals surface area contributed by atoms with Gasteiger partial charge in [-0.3, -0.25) is 0 Å². The van der Waals surface area contributed by atoms with Crippen LogP contribution in [0, 0.1) is 0 Å². The molecule has 0 radical (unpaired) electrons. The van der Waals surface area contributed by atoms with E-state index in [2.05, 4.69) is 19.1 Å². The van der Waals surface area contributed by atoms with Crippen LogP contribution in [0.5, 0.6) is 0 Å². The summed E-state index contributed by atoms with van der Waals surface area (Å²) in [6.45, 7) is 2.53. The van der Waals surface area contributed by atoms with Crippen molar-refractivity contribution in [3.05, 3.63) is 12.2 Å². The normalized spacial score (nSPS) is 29.3. The predicted octanol–water partition coefficient (Wildman–Crippen LogP) is 1.79. The smallest absolute Gasteiger partial charge is 0.114 e. The second-order valence-electron chi connectivity index (χ2n) is 5.91. The van der Waals surface area contributed by atoms with Gasteiger partial charge < -0.3 is 24.8 Å². The number of rotatable bonds is 11. The van der Waals surface area contributed by atoms with Crippen molar-refractivity contribution in [1.82, 2.24) is 0 Å². The van der Waals surface area contributed by atoms with Crippen molar-refractivity contribution in [2.24, 2.45) is 0 Å². The van der Waals surface area contributed by atoms with Crippen LogP contribution in [0.4, 0.5) is 0 Å². The average molecular weight is 316 g/mol. The first-order valence-corrected chi connectivity index (χ1v) is 8.55. The largest absolute Gasteiger partial charge is 0.394 e. The summed E-state index contributed by atoms with van der Waals surface area (Å²) in [5, 5.41) is 28.8. The van der Waals surface area contributed by atoms with Crippen molar-refractivity contribution in [2.75, 3.05) is 19.8 Å². The Morgan fingerprint density at radius 2 is 1.82 bits per heavy atom. The van der Waals surface area contributed by atoms with Crippen LogP contribution in [0.3, 0.4) is 0 Å². The number of aliphatic hydroxyl groups is 3. The Morgan fingerprint density at radius 1 is 1.09 bits per heavy atom. The number of hydrogen-bond donors (Lipinski definition) is 3. The first-order valence-electron chi connectivity index (χ1n) is 8.55. The third-order valence-electron chi connectivity index (χ3n) is 3.97. The van der Waals surface area contributed by atoms with Crippen LogP contribution in [-0.2, 0) is 9.47 Å². The molecular formula is C17H32O5. The van der Waals surface area contributed by atoms with Crippen molar-refractivity contribution in [1.29, 1.82) is 0 Å². The summed E-state index contributed by atoms with van der Waals surface area (Å²) in [5.41, 5.74) is 0. The minimum atomic E-state index is -0.977. The fraction of sp³-hybridized carbons (Fsp3) is 0.882. The number of unbranched alkanes of at least 4 members (excludes halogenated alkanes) is 5. The Bertz CT molecular complexity index is 295. The summed E-state index contributed by atoms with van der Waals surface area (Å²) in [7, 11) is 0. The fourth-order valence-electron chi connectivity index (χ4n) is 2.54. The highest BCUT2D eigenvalue weighted by Crippen LogP contribution is 2.19. The summed E-state index contributed by atoms with van der Waals surface area (Å²) in [6.07, 6.45) is 9.22. The maximum Gasteiger partial charge on any atom is 0.114 e. The molecule has 22 heavy (non-hydrogen) atoms. The highest BCUT2D eigenvalue weighted by Gasteiger charge is 2.38. The third-order valence-corrected chi connectivity index (χ3v) is 3.97. The summed E-state index contributed by atoms with van der Waals surface area (Å²) >= 11 is 0. The molecule has 1 heterocycles. The molecule has 4 atom stereocenters. The van der Waals surface area contributed by atoms with Gasteiger partial charge in [0.1, 0.15) is 24.4 Å². The summed E-state index contributed by atoms with van der Waals surface area (Å²) in [6, 6.07) is 0. The van der Waals surface area contributed by atoms with E-state index >= 15 is 0 Å². The van der Waals surface area contributed by atoms with Gasteiger partial charge in [0.25, 0.3) is 0 Å². The topological polar surface area (TPSA) is 79.2 Å². The lowest BCUT2D eigenvalue weighted by Crippen LogP contribution is -2.55. The van der Waals surface area contributed by atoms with Crippen molar-refractivity contribution < 1.29 is 24.8 Å². The Morgan fingerprint density at radius 3 is 2.50 bits per heavy atom. The van der Waals surface area contributed by atoms with Crippen LogP contribution in [-0.4, -0.2) is 59.6 Å². The van der Waals surface area contributed by atoms with Crippen LogP contribution in [0.1, 0.15) is 51.9 Å². The van der Waals surface area contributed by atoms with Crippen LogP contribution in [0.2, 0.25) is 0 Å². The van der Waals surface area contributed by atoms with Gasteiger partial charge in [-0.25, -0.2) is 0 Å². The highest BCUT2D eigenvalue weighted by molar-refractivity contribution is 4.87. The molecule has 1 fully saturated rings. The molecule has 1 rings (SSSR count). The second-order valence-corrected chi connectivity index (χ2v) is 5.91. The molecule has 0 spiro atoms. The van der Waals surface area contributed by atoms with E-state index < -0.39 is 24.4 Å². The molecule has 0 aromatic rings. The minimum absolute atomic E-state index is 0.0928. The maximum absolute atomic E-state index is 9.96. The van der Waals surface area contributed by atoms with Gasteiger partial charge in [-0.05, 0) is 25.7 Å². The first kappa shape index (κ1) is 19.6. The molecule has 3 N–H and O–H groups in total. The molecule has 0 unspecified atom stereocenters. The van der Waals surface area contributed by atoms with E-state index in [-0.39, 0.29) is 13.2 Å². The van der Waals surface area contributed by atoms with Gasteiger partial charge in [-0.15, -0.1) is 0 Å². The van der Waals surface area contributed by atoms with Crippen molar-refractivity contribution in [3.63, 3.8) is 0 Å². The van der Waals surface area contributed by atoms with Gasteiger partial charge in [-0.2, -0.15) is 0 Å². The zero-order valence-corrected chi connectivity index (χ0v) is 13.7. The standard InChI is InChI=1S/C17H32O5/c1-2-3-4-5-6-7-8-9-10-11-21-17-14(19)13-22-15(12-18)16(17)20/h5-6,14-20H,2-4,7-13H2,1H3/b6-5+/t14-,15+,16+,17+/m0/s1. The molecule has 0 aromatic heterocycles. The van der Waals surface area contributed by atoms with Crippen LogP contribution in [0.25, 0.3) is 0 Å². The maximum atomic E-state index is 9.96. The summed E-state index contributed by atoms with van der Waals surface area (Å²) in [5.74, 6) is 0. The van der Waals surface area contributed by atoms with Crippen LogP contribution in [0.15, 0.2) is 12.2 Å². The fourth-order valence-corrected chi connectivity index (χ4v) is 2.54. The third kappa shape index (κ3) is 7.20. The molecule has 0 bridgehead atoms. The van der Waals surface area contributed by atoms with Gasteiger partial charge in [0.05, 0.1) is 13.2 Å². The lowest BCUT2D eigenvalue weighted by Gasteiger charge is -2.37. The Kier molecular flexibility index (Phi) is 10.7. The number of hydrogen-bond acceptors (Lipinski definition) is 5. The van der Waals surface area contributed by atoms with E-state index in [4.69, 9.17) is 14.6 Å². The first-order chi connectivity index (χ1) is 10.7. The minimum Gasteiger partial charge on any atom is -0.394 e. The zero-order valence-electron chi connectivity index (χ0n) is 13.7. The lowest BCUT2D eigenvalue weighted by atomic mass is 10.0. The van der Waals surface area contributed by atoms with Gasteiger partial charge in [0.15, 0.2) is 0 Å². The highest BCUT2D eigenvalue weighted by atomic mass is 16.6. The molecule has 0 aromatic carbocycles. The molecule has 130 valence electrons. The van der Waals surface area contributed by atoms with Gasteiger partial charge in [0.2, 0.25) is 0 Å². The van der Waals surface area contributed by atoms with Gasteiger partial charge >= 0.3 is 0 Å².